The lowest BCUT2D eigenvalue weighted by Gasteiger charge is -2.20. The number of alkyl halides is 3. The van der Waals surface area contributed by atoms with Crippen molar-refractivity contribution in [1.82, 2.24) is 20.5 Å². The van der Waals surface area contributed by atoms with Crippen LogP contribution in [0.25, 0.3) is 5.57 Å². The number of hydrazone groups is 1. The monoisotopic (exact) mass is 506 g/mol. The Morgan fingerprint density at radius 2 is 1.78 bits per heavy atom. The van der Waals surface area contributed by atoms with Gasteiger partial charge >= 0.3 is 6.18 Å². The Labute approximate surface area is 210 Å². The Hall–Kier alpha value is -4.38. The van der Waals surface area contributed by atoms with E-state index in [0.717, 1.165) is 34.8 Å². The second kappa shape index (κ2) is 8.93. The first-order valence-corrected chi connectivity index (χ1v) is 11.6. The molecule has 0 saturated heterocycles. The largest absolute Gasteiger partial charge is 0.486 e. The minimum Gasteiger partial charge on any atom is -0.486 e. The van der Waals surface area contributed by atoms with E-state index in [9.17, 15) is 13.2 Å². The molecule has 0 bridgehead atoms. The Morgan fingerprint density at radius 3 is 2.57 bits per heavy atom. The summed E-state index contributed by atoms with van der Waals surface area (Å²) in [5.74, 6) is 1.66. The number of hydrogen-bond acceptors (Lipinski definition) is 8. The van der Waals surface area contributed by atoms with Crippen LogP contribution >= 0.6 is 0 Å². The fourth-order valence-electron chi connectivity index (χ4n) is 4.36. The fraction of sp³-hybridized carbons (Fsp3) is 0.192. The normalized spacial score (nSPS) is 18.5. The molecule has 188 valence electrons. The van der Waals surface area contributed by atoms with Crippen molar-refractivity contribution >= 4 is 22.9 Å². The summed E-state index contributed by atoms with van der Waals surface area (Å²) in [4.78, 5) is 9.07. The molecule has 0 fully saturated rings. The Bertz CT molecular complexity index is 1450. The Kier molecular flexibility index (Phi) is 5.56. The number of hydrazine groups is 1. The average Bonchev–Trinajstić information content (AvgIpc) is 3.27. The summed E-state index contributed by atoms with van der Waals surface area (Å²) in [6, 6.07) is 11.9. The second-order valence-corrected chi connectivity index (χ2v) is 8.62. The van der Waals surface area contributed by atoms with Gasteiger partial charge in [-0.1, -0.05) is 12.1 Å². The maximum atomic E-state index is 13.1. The van der Waals surface area contributed by atoms with E-state index < -0.39 is 17.8 Å². The molecule has 11 heteroatoms. The van der Waals surface area contributed by atoms with Crippen LogP contribution in [0.3, 0.4) is 0 Å². The van der Waals surface area contributed by atoms with Gasteiger partial charge in [-0.15, -0.1) is 0 Å². The van der Waals surface area contributed by atoms with Crippen LogP contribution in [0.2, 0.25) is 0 Å². The van der Waals surface area contributed by atoms with Gasteiger partial charge in [-0.05, 0) is 55.0 Å². The van der Waals surface area contributed by atoms with Crippen molar-refractivity contribution < 1.29 is 22.6 Å². The molecule has 2 aromatic carbocycles. The zero-order valence-corrected chi connectivity index (χ0v) is 19.6. The van der Waals surface area contributed by atoms with Crippen molar-refractivity contribution in [3.8, 4) is 11.5 Å². The van der Waals surface area contributed by atoms with E-state index in [-0.39, 0.29) is 0 Å². The number of nitrogens with zero attached hydrogens (tertiary/aromatic N) is 4. The van der Waals surface area contributed by atoms with E-state index >= 15 is 0 Å². The first-order chi connectivity index (χ1) is 17.8. The molecule has 0 aliphatic carbocycles. The quantitative estimate of drug-likeness (QED) is 0.502. The smallest absolute Gasteiger partial charge is 0.416 e. The third kappa shape index (κ3) is 4.49. The molecule has 6 rings (SSSR count). The van der Waals surface area contributed by atoms with Gasteiger partial charge in [-0.3, -0.25) is 0 Å². The number of nitrogens with one attached hydrogen (secondary N) is 2. The highest BCUT2D eigenvalue weighted by molar-refractivity contribution is 5.95. The van der Waals surface area contributed by atoms with Gasteiger partial charge < -0.3 is 14.8 Å². The highest BCUT2D eigenvalue weighted by Gasteiger charge is 2.35. The summed E-state index contributed by atoms with van der Waals surface area (Å²) >= 11 is 0. The number of ether oxygens (including phenoxy) is 2. The maximum absolute atomic E-state index is 13.1. The number of rotatable bonds is 4. The highest BCUT2D eigenvalue weighted by Crippen LogP contribution is 2.41. The predicted molar refractivity (Wildman–Crippen MR) is 131 cm³/mol. The van der Waals surface area contributed by atoms with E-state index in [1.54, 1.807) is 17.4 Å². The predicted octanol–water partition coefficient (Wildman–Crippen LogP) is 5.23. The summed E-state index contributed by atoms with van der Waals surface area (Å²) in [6.45, 7) is 2.84. The van der Waals surface area contributed by atoms with E-state index in [2.05, 4.69) is 20.8 Å². The molecule has 3 aliphatic heterocycles. The summed E-state index contributed by atoms with van der Waals surface area (Å²) in [6.07, 6.45) is 0.998. The Balaban J connectivity index is 1.35. The molecular formula is C26H21F3N6O2. The minimum absolute atomic E-state index is 0.353. The number of allylic oxidation sites excluding steroid dienone is 2. The van der Waals surface area contributed by atoms with Crippen LogP contribution < -0.4 is 20.2 Å². The summed E-state index contributed by atoms with van der Waals surface area (Å²) in [5, 5.41) is 9.33. The summed E-state index contributed by atoms with van der Waals surface area (Å²) in [5.41, 5.74) is 6.84. The third-order valence-corrected chi connectivity index (χ3v) is 6.09. The molecule has 0 spiro atoms. The van der Waals surface area contributed by atoms with Crippen LogP contribution in [0.15, 0.2) is 77.7 Å². The van der Waals surface area contributed by atoms with E-state index in [0.29, 0.717) is 41.9 Å². The number of anilines is 2. The molecule has 37 heavy (non-hydrogen) atoms. The topological polar surface area (TPSA) is 83.9 Å². The number of halogens is 3. The lowest BCUT2D eigenvalue weighted by Crippen LogP contribution is -2.30. The molecule has 0 amide bonds. The first kappa shape index (κ1) is 23.0. The van der Waals surface area contributed by atoms with Gasteiger partial charge in [0.05, 0.1) is 28.7 Å². The minimum atomic E-state index is -4.41. The molecule has 1 aromatic heterocycles. The molecule has 2 N–H and O–H groups in total. The summed E-state index contributed by atoms with van der Waals surface area (Å²) in [7, 11) is 0. The van der Waals surface area contributed by atoms with Gasteiger partial charge in [0.25, 0.3) is 0 Å². The molecule has 8 nitrogen and oxygen atoms in total. The molecule has 4 heterocycles. The average molecular weight is 506 g/mol. The molecule has 1 atom stereocenters. The zero-order valence-electron chi connectivity index (χ0n) is 19.6. The van der Waals surface area contributed by atoms with E-state index in [1.165, 1.54) is 12.1 Å². The van der Waals surface area contributed by atoms with Crippen LogP contribution in [0, 0.1) is 0 Å². The molecular weight excluding hydrogens is 485 g/mol. The molecule has 1 unspecified atom stereocenters. The van der Waals surface area contributed by atoms with Crippen LogP contribution in [0.5, 0.6) is 11.5 Å². The van der Waals surface area contributed by atoms with Crippen LogP contribution in [0.4, 0.5) is 24.8 Å². The lowest BCUT2D eigenvalue weighted by atomic mass is 9.95. The van der Waals surface area contributed by atoms with Crippen molar-refractivity contribution in [1.29, 1.82) is 0 Å². The van der Waals surface area contributed by atoms with E-state index in [4.69, 9.17) is 14.5 Å². The number of aromatic nitrogens is 2. The van der Waals surface area contributed by atoms with E-state index in [1.807, 2.05) is 37.3 Å². The SMILES string of the molecule is CC1=NN2NC(c3ccc(C(F)(F)F)cc3)C(c3ccnc(Nc4ccc5c(c4)OCCO5)n3)=C2C=C1. The van der Waals surface area contributed by atoms with Gasteiger partial charge in [-0.25, -0.2) is 15.4 Å². The van der Waals surface area contributed by atoms with Gasteiger partial charge in [0.2, 0.25) is 5.95 Å². The van der Waals surface area contributed by atoms with Crippen molar-refractivity contribution in [2.75, 3.05) is 18.5 Å². The third-order valence-electron chi connectivity index (χ3n) is 6.09. The molecule has 0 radical (unpaired) electrons. The highest BCUT2D eigenvalue weighted by atomic mass is 19.4. The number of fused-ring (bicyclic) bond motifs is 2. The van der Waals surface area contributed by atoms with Gasteiger partial charge in [0.15, 0.2) is 11.5 Å². The van der Waals surface area contributed by atoms with Crippen molar-refractivity contribution in [2.45, 2.75) is 19.1 Å². The van der Waals surface area contributed by atoms with Gasteiger partial charge in [-0.2, -0.15) is 23.4 Å². The van der Waals surface area contributed by atoms with Crippen molar-refractivity contribution in [3.05, 3.63) is 89.4 Å². The number of hydrogen-bond donors (Lipinski definition) is 2. The zero-order chi connectivity index (χ0) is 25.6. The maximum Gasteiger partial charge on any atom is 0.416 e. The van der Waals surface area contributed by atoms with Crippen LogP contribution in [-0.4, -0.2) is 34.0 Å². The standard InChI is InChI=1S/C26H21F3N6O2/c1-15-2-8-20-23(24(34-35(20)33-15)16-3-5-17(6-4-16)26(27,28)29)19-10-11-30-25(32-19)31-18-7-9-21-22(14-18)37-13-12-36-21/h2-11,14,24,34H,12-13H2,1H3,(H,30,31,32). The molecule has 0 saturated carbocycles. The summed E-state index contributed by atoms with van der Waals surface area (Å²) < 4.78 is 50.6. The van der Waals surface area contributed by atoms with Gasteiger partial charge in [0.1, 0.15) is 13.2 Å². The van der Waals surface area contributed by atoms with Crippen molar-refractivity contribution in [3.63, 3.8) is 0 Å². The first-order valence-electron chi connectivity index (χ1n) is 11.6. The van der Waals surface area contributed by atoms with Gasteiger partial charge in [0, 0.05) is 23.5 Å². The lowest BCUT2D eigenvalue weighted by molar-refractivity contribution is -0.137. The second-order valence-electron chi connectivity index (χ2n) is 8.62. The van der Waals surface area contributed by atoms with Crippen LogP contribution in [-0.2, 0) is 6.18 Å². The van der Waals surface area contributed by atoms with Crippen molar-refractivity contribution in [2.24, 2.45) is 5.10 Å². The fourth-order valence-corrected chi connectivity index (χ4v) is 4.36. The molecule has 3 aromatic rings. The Morgan fingerprint density at radius 1 is 1.00 bits per heavy atom. The number of benzene rings is 2. The van der Waals surface area contributed by atoms with Crippen LogP contribution in [0.1, 0.15) is 29.8 Å². The molecule has 3 aliphatic rings.